The van der Waals surface area contributed by atoms with Gasteiger partial charge in [0, 0.05) is 7.05 Å². The van der Waals surface area contributed by atoms with E-state index in [4.69, 9.17) is 0 Å². The summed E-state index contributed by atoms with van der Waals surface area (Å²) in [6.07, 6.45) is 4.49. The van der Waals surface area contributed by atoms with E-state index in [-0.39, 0.29) is 17.5 Å². The Bertz CT molecular complexity index is 1020. The number of nitrogens with zero attached hydrogens (tertiary/aromatic N) is 2. The Morgan fingerprint density at radius 2 is 2.16 bits per heavy atom. The Hall–Kier alpha value is -2.47. The Morgan fingerprint density at radius 3 is 2.96 bits per heavy atom. The van der Waals surface area contributed by atoms with E-state index < -0.39 is 0 Å². The number of hydrogen-bond donors (Lipinski definition) is 1. The summed E-state index contributed by atoms with van der Waals surface area (Å²) in [5.74, 6) is -0.0402. The lowest BCUT2D eigenvalue weighted by Crippen LogP contribution is -2.33. The standard InChI is InChI=1S/C19H19N3O2S/c1-11-15-17(23)20-10-21-18(15)25-16(11)19(24)22(2)14-9-5-7-12-6-3-4-8-13(12)14/h3-4,6,8,10,14H,5,7,9H2,1-2H3,(H,20,21,23)/t14-/m1/s1. The molecule has 6 heteroatoms. The predicted octanol–water partition coefficient (Wildman–Crippen LogP) is 3.44. The molecule has 0 fully saturated rings. The second-order valence-electron chi connectivity index (χ2n) is 6.49. The fourth-order valence-electron chi connectivity index (χ4n) is 3.71. The quantitative estimate of drug-likeness (QED) is 0.767. The van der Waals surface area contributed by atoms with Crippen molar-refractivity contribution in [1.82, 2.24) is 14.9 Å². The Balaban J connectivity index is 1.74. The monoisotopic (exact) mass is 353 g/mol. The summed E-state index contributed by atoms with van der Waals surface area (Å²) < 4.78 is 0. The van der Waals surface area contributed by atoms with Crippen molar-refractivity contribution in [1.29, 1.82) is 0 Å². The summed E-state index contributed by atoms with van der Waals surface area (Å²) in [6, 6.07) is 8.43. The van der Waals surface area contributed by atoms with E-state index in [1.165, 1.54) is 28.8 Å². The molecular weight excluding hydrogens is 334 g/mol. The predicted molar refractivity (Wildman–Crippen MR) is 99.2 cm³/mol. The Kier molecular flexibility index (Phi) is 3.92. The van der Waals surface area contributed by atoms with Gasteiger partial charge in [-0.1, -0.05) is 24.3 Å². The number of amides is 1. The van der Waals surface area contributed by atoms with Crippen LogP contribution in [0, 0.1) is 6.92 Å². The summed E-state index contributed by atoms with van der Waals surface area (Å²) in [4.78, 5) is 35.0. The molecule has 1 aliphatic carbocycles. The van der Waals surface area contributed by atoms with Crippen LogP contribution in [0.1, 0.15) is 45.2 Å². The van der Waals surface area contributed by atoms with Crippen LogP contribution >= 0.6 is 11.3 Å². The van der Waals surface area contributed by atoms with Crippen LogP contribution in [-0.2, 0) is 6.42 Å². The van der Waals surface area contributed by atoms with Crippen LogP contribution in [0.4, 0.5) is 0 Å². The van der Waals surface area contributed by atoms with E-state index in [1.807, 2.05) is 24.9 Å². The molecule has 0 saturated heterocycles. The maximum Gasteiger partial charge on any atom is 0.264 e. The van der Waals surface area contributed by atoms with Crippen molar-refractivity contribution in [2.75, 3.05) is 7.05 Å². The molecular formula is C19H19N3O2S. The van der Waals surface area contributed by atoms with Crippen molar-refractivity contribution in [3.63, 3.8) is 0 Å². The van der Waals surface area contributed by atoms with E-state index in [9.17, 15) is 9.59 Å². The second-order valence-corrected chi connectivity index (χ2v) is 7.49. The normalized spacial score (nSPS) is 16.6. The maximum atomic E-state index is 13.2. The third kappa shape index (κ3) is 2.57. The molecule has 5 nitrogen and oxygen atoms in total. The minimum Gasteiger partial charge on any atom is -0.334 e. The zero-order valence-electron chi connectivity index (χ0n) is 14.2. The smallest absolute Gasteiger partial charge is 0.264 e. The lowest BCUT2D eigenvalue weighted by molar-refractivity contribution is 0.0719. The number of aromatic amines is 1. The number of nitrogens with one attached hydrogen (secondary N) is 1. The molecule has 1 atom stereocenters. The Labute approximate surface area is 149 Å². The van der Waals surface area contributed by atoms with Gasteiger partial charge >= 0.3 is 0 Å². The summed E-state index contributed by atoms with van der Waals surface area (Å²) in [6.45, 7) is 1.83. The topological polar surface area (TPSA) is 66.1 Å². The minimum atomic E-state index is -0.191. The number of H-pyrrole nitrogens is 1. The third-order valence-corrected chi connectivity index (χ3v) is 6.24. The molecule has 0 spiro atoms. The molecule has 1 N–H and O–H groups in total. The second kappa shape index (κ2) is 6.11. The van der Waals surface area contributed by atoms with E-state index in [2.05, 4.69) is 28.2 Å². The van der Waals surface area contributed by atoms with Crippen molar-refractivity contribution in [2.45, 2.75) is 32.2 Å². The largest absolute Gasteiger partial charge is 0.334 e. The number of carbonyl (C=O) groups excluding carboxylic acids is 1. The van der Waals surface area contributed by atoms with Crippen molar-refractivity contribution in [3.8, 4) is 0 Å². The molecule has 0 unspecified atom stereocenters. The first-order chi connectivity index (χ1) is 12.1. The zero-order chi connectivity index (χ0) is 17.6. The summed E-state index contributed by atoms with van der Waals surface area (Å²) >= 11 is 1.30. The molecule has 0 radical (unpaired) electrons. The van der Waals surface area contributed by atoms with Gasteiger partial charge in [-0.05, 0) is 42.9 Å². The number of hydrogen-bond acceptors (Lipinski definition) is 4. The average Bonchev–Trinajstić information content (AvgIpc) is 2.98. The third-order valence-electron chi connectivity index (χ3n) is 5.05. The summed E-state index contributed by atoms with van der Waals surface area (Å²) in [7, 11) is 1.86. The fourth-order valence-corrected chi connectivity index (χ4v) is 4.85. The van der Waals surface area contributed by atoms with Gasteiger partial charge < -0.3 is 9.88 Å². The first-order valence-corrected chi connectivity index (χ1v) is 9.21. The highest BCUT2D eigenvalue weighted by atomic mass is 32.1. The van der Waals surface area contributed by atoms with E-state index in [0.29, 0.717) is 15.1 Å². The molecule has 128 valence electrons. The Morgan fingerprint density at radius 1 is 1.36 bits per heavy atom. The van der Waals surface area contributed by atoms with E-state index >= 15 is 0 Å². The van der Waals surface area contributed by atoms with Crippen LogP contribution in [0.25, 0.3) is 10.2 Å². The minimum absolute atomic E-state index is 0.0402. The molecule has 1 aliphatic rings. The van der Waals surface area contributed by atoms with Gasteiger partial charge in [-0.2, -0.15) is 0 Å². The number of fused-ring (bicyclic) bond motifs is 2. The molecule has 2 aromatic heterocycles. The average molecular weight is 353 g/mol. The van der Waals surface area contributed by atoms with Gasteiger partial charge in [-0.15, -0.1) is 11.3 Å². The first-order valence-electron chi connectivity index (χ1n) is 8.39. The van der Waals surface area contributed by atoms with Gasteiger partial charge in [0.05, 0.1) is 22.6 Å². The lowest BCUT2D eigenvalue weighted by Gasteiger charge is -2.33. The molecule has 0 saturated carbocycles. The lowest BCUT2D eigenvalue weighted by atomic mass is 9.87. The van der Waals surface area contributed by atoms with Gasteiger partial charge in [0.15, 0.2) is 0 Å². The van der Waals surface area contributed by atoms with Crippen LogP contribution in [0.5, 0.6) is 0 Å². The van der Waals surface area contributed by atoms with Crippen molar-refractivity contribution in [2.24, 2.45) is 0 Å². The molecule has 1 aromatic carbocycles. The van der Waals surface area contributed by atoms with Crippen LogP contribution in [0.15, 0.2) is 35.4 Å². The molecule has 0 bridgehead atoms. The molecule has 2 heterocycles. The van der Waals surface area contributed by atoms with E-state index in [1.54, 1.807) is 0 Å². The maximum absolute atomic E-state index is 13.2. The summed E-state index contributed by atoms with van der Waals surface area (Å²) in [5, 5.41) is 0.522. The number of thiophene rings is 1. The first kappa shape index (κ1) is 16.0. The van der Waals surface area contributed by atoms with Gasteiger partial charge in [-0.25, -0.2) is 4.98 Å². The molecule has 1 amide bonds. The van der Waals surface area contributed by atoms with Crippen LogP contribution in [0.3, 0.4) is 0 Å². The van der Waals surface area contributed by atoms with Crippen LogP contribution in [-0.4, -0.2) is 27.8 Å². The van der Waals surface area contributed by atoms with Crippen molar-refractivity contribution < 1.29 is 4.79 Å². The number of benzene rings is 1. The van der Waals surface area contributed by atoms with E-state index in [0.717, 1.165) is 24.8 Å². The highest BCUT2D eigenvalue weighted by molar-refractivity contribution is 7.20. The summed E-state index contributed by atoms with van der Waals surface area (Å²) in [5.41, 5.74) is 3.09. The molecule has 0 aliphatic heterocycles. The van der Waals surface area contributed by atoms with Crippen LogP contribution < -0.4 is 5.56 Å². The van der Waals surface area contributed by atoms with Gasteiger partial charge in [0.1, 0.15) is 4.83 Å². The number of aryl methyl sites for hydroxylation is 2. The van der Waals surface area contributed by atoms with Gasteiger partial charge in [0.25, 0.3) is 11.5 Å². The van der Waals surface area contributed by atoms with Gasteiger partial charge in [-0.3, -0.25) is 9.59 Å². The molecule has 4 rings (SSSR count). The van der Waals surface area contributed by atoms with Crippen molar-refractivity contribution in [3.05, 3.63) is 62.5 Å². The number of carbonyl (C=O) groups is 1. The SMILES string of the molecule is Cc1c(C(=O)N(C)[C@@H]2CCCc3ccccc32)sc2nc[nH]c(=O)c12. The van der Waals surface area contributed by atoms with Crippen LogP contribution in [0.2, 0.25) is 0 Å². The fraction of sp³-hybridized carbons (Fsp3) is 0.316. The van der Waals surface area contributed by atoms with Crippen molar-refractivity contribution >= 4 is 27.5 Å². The molecule has 25 heavy (non-hydrogen) atoms. The molecule has 3 aromatic rings. The highest BCUT2D eigenvalue weighted by Gasteiger charge is 2.29. The highest BCUT2D eigenvalue weighted by Crippen LogP contribution is 2.36. The number of rotatable bonds is 2. The zero-order valence-corrected chi connectivity index (χ0v) is 15.0. The number of aromatic nitrogens is 2. The van der Waals surface area contributed by atoms with Gasteiger partial charge in [0.2, 0.25) is 0 Å².